The van der Waals surface area contributed by atoms with Crippen molar-refractivity contribution in [1.29, 1.82) is 0 Å². The summed E-state index contributed by atoms with van der Waals surface area (Å²) in [6, 6.07) is 10.8. The first-order chi connectivity index (χ1) is 14.3. The Balaban J connectivity index is 0.00000320. The van der Waals surface area contributed by atoms with Crippen LogP contribution in [0, 0.1) is 0 Å². The fourth-order valence-corrected chi connectivity index (χ4v) is 4.20. The molecule has 2 N–H and O–H groups in total. The van der Waals surface area contributed by atoms with Crippen LogP contribution in [0.2, 0.25) is 0 Å². The van der Waals surface area contributed by atoms with Gasteiger partial charge in [-0.3, -0.25) is 9.80 Å². The average molecular weight is 543 g/mol. The van der Waals surface area contributed by atoms with E-state index < -0.39 is 0 Å². The molecule has 0 saturated carbocycles. The van der Waals surface area contributed by atoms with Crippen LogP contribution in [0.15, 0.2) is 41.5 Å². The first-order valence-corrected chi connectivity index (χ1v) is 11.5. The van der Waals surface area contributed by atoms with E-state index in [0.29, 0.717) is 6.54 Å². The number of aryl methyl sites for hydroxylation is 1. The monoisotopic (exact) mass is 542 g/mol. The Kier molecular flexibility index (Phi) is 11.6. The van der Waals surface area contributed by atoms with Gasteiger partial charge in [-0.2, -0.15) is 0 Å². The molecule has 0 atom stereocenters. The molecule has 0 aliphatic carbocycles. The standard InChI is InChI=1S/C22H34N6S.HI/c1-3-20-16-25-21(29-20)17-26-22(23-4-2)24-10-11-27-12-14-28(15-13-27)18-19-8-6-5-7-9-19;/h5-9,16H,3-4,10-15,17-18H2,1-2H3,(H2,23,24,26);1H. The van der Waals surface area contributed by atoms with Crippen molar-refractivity contribution in [3.05, 3.63) is 52.0 Å². The lowest BCUT2D eigenvalue weighted by molar-refractivity contribution is 0.129. The predicted molar refractivity (Wildman–Crippen MR) is 138 cm³/mol. The number of aliphatic imine (C=N–C) groups is 1. The summed E-state index contributed by atoms with van der Waals surface area (Å²) < 4.78 is 0. The van der Waals surface area contributed by atoms with Gasteiger partial charge in [0.1, 0.15) is 5.01 Å². The number of rotatable bonds is 9. The third-order valence-corrected chi connectivity index (χ3v) is 6.23. The molecule has 0 radical (unpaired) electrons. The van der Waals surface area contributed by atoms with Crippen LogP contribution >= 0.6 is 35.3 Å². The maximum atomic E-state index is 4.69. The molecule has 2 aromatic rings. The predicted octanol–water partition coefficient (Wildman–Crippen LogP) is 3.20. The fraction of sp³-hybridized carbons (Fsp3) is 0.545. The number of halogens is 1. The van der Waals surface area contributed by atoms with Gasteiger partial charge in [-0.05, 0) is 18.9 Å². The van der Waals surface area contributed by atoms with Gasteiger partial charge in [0.2, 0.25) is 0 Å². The van der Waals surface area contributed by atoms with Gasteiger partial charge < -0.3 is 10.6 Å². The number of aromatic nitrogens is 1. The highest BCUT2D eigenvalue weighted by Gasteiger charge is 2.16. The van der Waals surface area contributed by atoms with Crippen LogP contribution in [0.4, 0.5) is 0 Å². The Morgan fingerprint density at radius 2 is 1.80 bits per heavy atom. The molecule has 1 aliphatic rings. The number of benzene rings is 1. The zero-order valence-corrected chi connectivity index (χ0v) is 21.3. The first-order valence-electron chi connectivity index (χ1n) is 10.7. The quantitative estimate of drug-likeness (QED) is 0.290. The summed E-state index contributed by atoms with van der Waals surface area (Å²) in [7, 11) is 0. The summed E-state index contributed by atoms with van der Waals surface area (Å²) in [6.45, 7) is 13.3. The van der Waals surface area contributed by atoms with Gasteiger partial charge in [-0.25, -0.2) is 9.98 Å². The average Bonchev–Trinajstić information content (AvgIpc) is 3.22. The number of nitrogens with zero attached hydrogens (tertiary/aromatic N) is 4. The van der Waals surface area contributed by atoms with Crippen molar-refractivity contribution >= 4 is 41.3 Å². The zero-order valence-electron chi connectivity index (χ0n) is 18.1. The molecule has 8 heteroatoms. The zero-order chi connectivity index (χ0) is 20.3. The largest absolute Gasteiger partial charge is 0.357 e. The molecular formula is C22H35IN6S. The van der Waals surface area contributed by atoms with E-state index in [-0.39, 0.29) is 24.0 Å². The van der Waals surface area contributed by atoms with Crippen LogP contribution < -0.4 is 10.6 Å². The summed E-state index contributed by atoms with van der Waals surface area (Å²) in [5, 5.41) is 7.88. The molecule has 1 aromatic heterocycles. The second-order valence-electron chi connectivity index (χ2n) is 7.30. The smallest absolute Gasteiger partial charge is 0.191 e. The van der Waals surface area contributed by atoms with E-state index in [1.807, 2.05) is 6.20 Å². The number of guanidine groups is 1. The molecule has 0 spiro atoms. The van der Waals surface area contributed by atoms with Crippen molar-refractivity contribution in [3.63, 3.8) is 0 Å². The molecular weight excluding hydrogens is 507 g/mol. The van der Waals surface area contributed by atoms with Gasteiger partial charge in [0.25, 0.3) is 0 Å². The number of nitrogens with one attached hydrogen (secondary N) is 2. The molecule has 2 heterocycles. The van der Waals surface area contributed by atoms with Crippen molar-refractivity contribution in [2.24, 2.45) is 4.99 Å². The van der Waals surface area contributed by atoms with E-state index >= 15 is 0 Å². The van der Waals surface area contributed by atoms with Crippen LogP contribution in [-0.4, -0.2) is 66.6 Å². The van der Waals surface area contributed by atoms with Gasteiger partial charge in [0.05, 0.1) is 6.54 Å². The number of piperazine rings is 1. The van der Waals surface area contributed by atoms with Crippen LogP contribution in [0.1, 0.15) is 29.3 Å². The molecule has 166 valence electrons. The Hall–Kier alpha value is -1.23. The normalized spacial score (nSPS) is 15.6. The summed E-state index contributed by atoms with van der Waals surface area (Å²) in [4.78, 5) is 15.5. The fourth-order valence-electron chi connectivity index (χ4n) is 3.42. The lowest BCUT2D eigenvalue weighted by Gasteiger charge is -2.34. The summed E-state index contributed by atoms with van der Waals surface area (Å²) in [5.41, 5.74) is 1.40. The Labute approximate surface area is 202 Å². The van der Waals surface area contributed by atoms with E-state index in [2.05, 4.69) is 74.6 Å². The maximum absolute atomic E-state index is 4.69. The first kappa shape index (κ1) is 25.0. The van der Waals surface area contributed by atoms with E-state index in [0.717, 1.165) is 69.7 Å². The number of thiazole rings is 1. The van der Waals surface area contributed by atoms with Crippen LogP contribution in [0.5, 0.6) is 0 Å². The van der Waals surface area contributed by atoms with Gasteiger partial charge in [0.15, 0.2) is 5.96 Å². The topological polar surface area (TPSA) is 55.8 Å². The second kappa shape index (κ2) is 14.0. The Morgan fingerprint density at radius 1 is 1.07 bits per heavy atom. The molecule has 30 heavy (non-hydrogen) atoms. The van der Waals surface area contributed by atoms with Gasteiger partial charge in [-0.1, -0.05) is 37.3 Å². The molecule has 1 aliphatic heterocycles. The molecule has 1 aromatic carbocycles. The molecule has 6 nitrogen and oxygen atoms in total. The maximum Gasteiger partial charge on any atom is 0.191 e. The SMILES string of the molecule is CCNC(=NCc1ncc(CC)s1)NCCN1CCN(Cc2ccccc2)CC1.I. The molecule has 0 amide bonds. The lowest BCUT2D eigenvalue weighted by Crippen LogP contribution is -2.49. The van der Waals surface area contributed by atoms with Crippen molar-refractivity contribution < 1.29 is 0 Å². The highest BCUT2D eigenvalue weighted by Crippen LogP contribution is 2.14. The molecule has 3 rings (SSSR count). The van der Waals surface area contributed by atoms with Crippen molar-refractivity contribution in [2.75, 3.05) is 45.8 Å². The molecule has 1 fully saturated rings. The van der Waals surface area contributed by atoms with E-state index in [1.54, 1.807) is 11.3 Å². The van der Waals surface area contributed by atoms with Crippen LogP contribution in [0.3, 0.4) is 0 Å². The highest BCUT2D eigenvalue weighted by atomic mass is 127. The number of hydrogen-bond donors (Lipinski definition) is 2. The third-order valence-electron chi connectivity index (χ3n) is 5.10. The van der Waals surface area contributed by atoms with E-state index in [1.165, 1.54) is 10.4 Å². The molecule has 1 saturated heterocycles. The van der Waals surface area contributed by atoms with Gasteiger partial charge >= 0.3 is 0 Å². The van der Waals surface area contributed by atoms with Crippen LogP contribution in [0.25, 0.3) is 0 Å². The van der Waals surface area contributed by atoms with Crippen LogP contribution in [-0.2, 0) is 19.5 Å². The second-order valence-corrected chi connectivity index (χ2v) is 8.50. The van der Waals surface area contributed by atoms with Gasteiger partial charge in [-0.15, -0.1) is 35.3 Å². The Bertz CT molecular complexity index is 743. The minimum Gasteiger partial charge on any atom is -0.357 e. The van der Waals surface area contributed by atoms with Crippen molar-refractivity contribution in [1.82, 2.24) is 25.4 Å². The lowest BCUT2D eigenvalue weighted by atomic mass is 10.2. The summed E-state index contributed by atoms with van der Waals surface area (Å²) in [6.07, 6.45) is 3.01. The van der Waals surface area contributed by atoms with E-state index in [4.69, 9.17) is 0 Å². The molecule has 0 unspecified atom stereocenters. The van der Waals surface area contributed by atoms with Crippen molar-refractivity contribution in [3.8, 4) is 0 Å². The molecule has 0 bridgehead atoms. The van der Waals surface area contributed by atoms with E-state index in [9.17, 15) is 0 Å². The Morgan fingerprint density at radius 3 is 2.47 bits per heavy atom. The number of hydrogen-bond acceptors (Lipinski definition) is 5. The summed E-state index contributed by atoms with van der Waals surface area (Å²) in [5.74, 6) is 0.878. The van der Waals surface area contributed by atoms with Gasteiger partial charge in [0, 0.05) is 63.4 Å². The van der Waals surface area contributed by atoms with Crippen molar-refractivity contribution in [2.45, 2.75) is 33.4 Å². The highest BCUT2D eigenvalue weighted by molar-refractivity contribution is 14.0. The summed E-state index contributed by atoms with van der Waals surface area (Å²) >= 11 is 1.75. The minimum atomic E-state index is 0. The third kappa shape index (κ3) is 8.49. The minimum absolute atomic E-state index is 0.